The maximum Gasteiger partial charge on any atom is 0.331 e. The smallest absolute Gasteiger partial charge is 0.331 e. The summed E-state index contributed by atoms with van der Waals surface area (Å²) < 4.78 is 0. The Morgan fingerprint density at radius 2 is 1.78 bits per heavy atom. The van der Waals surface area contributed by atoms with Gasteiger partial charge in [0.15, 0.2) is 0 Å². The molecule has 6 heteroatoms. The highest BCUT2D eigenvalue weighted by atomic mass is 16.4. The van der Waals surface area contributed by atoms with Crippen molar-refractivity contribution in [3.05, 3.63) is 11.6 Å². The number of carbonyl (C=O) groups is 1. The van der Waals surface area contributed by atoms with E-state index < -0.39 is 24.3 Å². The number of aliphatic hydroxyl groups excluding tert-OH is 3. The van der Waals surface area contributed by atoms with Crippen LogP contribution in [0.3, 0.4) is 0 Å². The van der Waals surface area contributed by atoms with E-state index in [1.165, 1.54) is 32.4 Å². The van der Waals surface area contributed by atoms with Gasteiger partial charge >= 0.3 is 5.97 Å². The lowest BCUT2D eigenvalue weighted by Gasteiger charge is -2.25. The van der Waals surface area contributed by atoms with Crippen LogP contribution in [0.1, 0.15) is 25.7 Å². The molecule has 6 nitrogen and oxygen atoms in total. The molecule has 3 atom stereocenters. The van der Waals surface area contributed by atoms with Crippen molar-refractivity contribution in [1.29, 1.82) is 0 Å². The first-order valence-electron chi connectivity index (χ1n) is 6.21. The van der Waals surface area contributed by atoms with Gasteiger partial charge in [-0.15, -0.1) is 0 Å². The Kier molecular flexibility index (Phi) is 6.28. The standard InChI is InChI=1S/C7H10O5.C5H11N/c8-4-1-3(7(11)12)2-5(9)6(4)10;1-2-4-6-5-3-1/h1,4-6,8-10H,2H2,(H,11,12);6H,1-5H2. The zero-order chi connectivity index (χ0) is 13.5. The van der Waals surface area contributed by atoms with Crippen molar-refractivity contribution in [2.75, 3.05) is 13.1 Å². The molecule has 1 aliphatic carbocycles. The number of nitrogens with one attached hydrogen (secondary N) is 1. The van der Waals surface area contributed by atoms with Crippen molar-refractivity contribution in [3.63, 3.8) is 0 Å². The van der Waals surface area contributed by atoms with Crippen molar-refractivity contribution in [2.45, 2.75) is 44.0 Å². The lowest BCUT2D eigenvalue weighted by atomic mass is 9.92. The molecule has 1 aliphatic heterocycles. The average Bonchev–Trinajstić information content (AvgIpc) is 2.38. The second-order valence-corrected chi connectivity index (χ2v) is 4.56. The number of hydrogen-bond donors (Lipinski definition) is 5. The largest absolute Gasteiger partial charge is 0.478 e. The summed E-state index contributed by atoms with van der Waals surface area (Å²) in [6.45, 7) is 2.50. The molecular formula is C12H21NO5. The first-order chi connectivity index (χ1) is 8.52. The van der Waals surface area contributed by atoms with Crippen LogP contribution in [0, 0.1) is 0 Å². The van der Waals surface area contributed by atoms with E-state index in [0.29, 0.717) is 0 Å². The zero-order valence-corrected chi connectivity index (χ0v) is 10.2. The van der Waals surface area contributed by atoms with E-state index in [0.717, 1.165) is 6.08 Å². The van der Waals surface area contributed by atoms with E-state index in [1.54, 1.807) is 0 Å². The maximum atomic E-state index is 10.4. The Morgan fingerprint density at radius 3 is 2.11 bits per heavy atom. The van der Waals surface area contributed by atoms with Gasteiger partial charge < -0.3 is 25.7 Å². The second-order valence-electron chi connectivity index (χ2n) is 4.56. The Labute approximate surface area is 106 Å². The highest BCUT2D eigenvalue weighted by Gasteiger charge is 2.31. The molecule has 0 aromatic rings. The molecule has 1 saturated heterocycles. The van der Waals surface area contributed by atoms with Crippen LogP contribution in [-0.2, 0) is 4.79 Å². The molecule has 0 aromatic carbocycles. The van der Waals surface area contributed by atoms with Gasteiger partial charge in [-0.1, -0.05) is 6.42 Å². The van der Waals surface area contributed by atoms with Gasteiger partial charge in [-0.3, -0.25) is 0 Å². The van der Waals surface area contributed by atoms with Crippen molar-refractivity contribution in [3.8, 4) is 0 Å². The molecule has 3 unspecified atom stereocenters. The Morgan fingerprint density at radius 1 is 1.17 bits per heavy atom. The molecule has 1 heterocycles. The average molecular weight is 259 g/mol. The molecule has 0 amide bonds. The molecule has 104 valence electrons. The number of piperidine rings is 1. The molecule has 0 aromatic heterocycles. The van der Waals surface area contributed by atoms with Crippen LogP contribution in [0.25, 0.3) is 0 Å². The van der Waals surface area contributed by atoms with Crippen LogP contribution in [0.5, 0.6) is 0 Å². The van der Waals surface area contributed by atoms with Gasteiger partial charge in [0.25, 0.3) is 0 Å². The predicted octanol–water partition coefficient (Wildman–Crippen LogP) is -0.756. The molecule has 0 radical (unpaired) electrons. The monoisotopic (exact) mass is 259 g/mol. The normalized spacial score (nSPS) is 31.9. The number of aliphatic carboxylic acids is 1. The fraction of sp³-hybridized carbons (Fsp3) is 0.750. The molecule has 2 rings (SSSR count). The minimum Gasteiger partial charge on any atom is -0.478 e. The minimum atomic E-state index is -1.29. The van der Waals surface area contributed by atoms with Gasteiger partial charge in [0.05, 0.1) is 6.10 Å². The SMILES string of the molecule is C1CCNCC1.O=C(O)C1=CC(O)C(O)C(O)C1. The third kappa shape index (κ3) is 4.73. The molecule has 5 N–H and O–H groups in total. The van der Waals surface area contributed by atoms with E-state index in [9.17, 15) is 4.79 Å². The van der Waals surface area contributed by atoms with Gasteiger partial charge in [0, 0.05) is 12.0 Å². The number of hydrogen-bond acceptors (Lipinski definition) is 5. The minimum absolute atomic E-state index is 0.0692. The third-order valence-electron chi connectivity index (χ3n) is 3.03. The topological polar surface area (TPSA) is 110 Å². The third-order valence-corrected chi connectivity index (χ3v) is 3.03. The maximum absolute atomic E-state index is 10.4. The fourth-order valence-corrected chi connectivity index (χ4v) is 1.91. The predicted molar refractivity (Wildman–Crippen MR) is 65.1 cm³/mol. The first kappa shape index (κ1) is 15.1. The van der Waals surface area contributed by atoms with Crippen LogP contribution in [0.4, 0.5) is 0 Å². The zero-order valence-electron chi connectivity index (χ0n) is 10.2. The lowest BCUT2D eigenvalue weighted by Crippen LogP contribution is -2.40. The van der Waals surface area contributed by atoms with Crippen LogP contribution >= 0.6 is 0 Å². The highest BCUT2D eigenvalue weighted by Crippen LogP contribution is 2.19. The van der Waals surface area contributed by atoms with E-state index >= 15 is 0 Å². The molecule has 0 saturated carbocycles. The van der Waals surface area contributed by atoms with Crippen molar-refractivity contribution in [1.82, 2.24) is 5.32 Å². The molecule has 18 heavy (non-hydrogen) atoms. The highest BCUT2D eigenvalue weighted by molar-refractivity contribution is 5.87. The quantitative estimate of drug-likeness (QED) is 0.423. The number of carboxylic acid groups (broad SMARTS) is 1. The summed E-state index contributed by atoms with van der Waals surface area (Å²) in [7, 11) is 0. The van der Waals surface area contributed by atoms with Crippen LogP contribution < -0.4 is 5.32 Å². The first-order valence-corrected chi connectivity index (χ1v) is 6.21. The summed E-state index contributed by atoms with van der Waals surface area (Å²) in [5.41, 5.74) is -0.0692. The summed E-state index contributed by atoms with van der Waals surface area (Å²) in [4.78, 5) is 10.4. The van der Waals surface area contributed by atoms with Crippen molar-refractivity contribution in [2.24, 2.45) is 0 Å². The van der Waals surface area contributed by atoms with Crippen LogP contribution in [-0.4, -0.2) is 57.8 Å². The summed E-state index contributed by atoms with van der Waals surface area (Å²) in [5.74, 6) is -1.18. The van der Waals surface area contributed by atoms with Crippen molar-refractivity contribution < 1.29 is 25.2 Å². The molecule has 1 fully saturated rings. The fourth-order valence-electron chi connectivity index (χ4n) is 1.91. The van der Waals surface area contributed by atoms with E-state index in [2.05, 4.69) is 5.32 Å². The summed E-state index contributed by atoms with van der Waals surface area (Å²) >= 11 is 0. The Hall–Kier alpha value is -0.950. The van der Waals surface area contributed by atoms with E-state index in [-0.39, 0.29) is 12.0 Å². The van der Waals surface area contributed by atoms with E-state index in [4.69, 9.17) is 20.4 Å². The summed E-state index contributed by atoms with van der Waals surface area (Å²) in [5, 5.41) is 38.9. The van der Waals surface area contributed by atoms with Gasteiger partial charge in [0.2, 0.25) is 0 Å². The molecule has 0 spiro atoms. The van der Waals surface area contributed by atoms with E-state index in [1.807, 2.05) is 0 Å². The van der Waals surface area contributed by atoms with Crippen LogP contribution in [0.2, 0.25) is 0 Å². The summed E-state index contributed by atoms with van der Waals surface area (Å²) in [6.07, 6.45) is 1.35. The molecular weight excluding hydrogens is 238 g/mol. The van der Waals surface area contributed by atoms with Gasteiger partial charge in [-0.2, -0.15) is 0 Å². The Bertz CT molecular complexity index is 289. The molecule has 0 bridgehead atoms. The second kappa shape index (κ2) is 7.48. The van der Waals surface area contributed by atoms with Crippen LogP contribution in [0.15, 0.2) is 11.6 Å². The van der Waals surface area contributed by atoms with Gasteiger partial charge in [-0.05, 0) is 32.0 Å². The molecule has 2 aliphatic rings. The van der Waals surface area contributed by atoms with Gasteiger partial charge in [-0.25, -0.2) is 4.79 Å². The number of rotatable bonds is 1. The summed E-state index contributed by atoms with van der Waals surface area (Å²) in [6, 6.07) is 0. The lowest BCUT2D eigenvalue weighted by molar-refractivity contribution is -0.134. The number of aliphatic hydroxyl groups is 3. The Balaban J connectivity index is 0.000000225. The van der Waals surface area contributed by atoms with Gasteiger partial charge in [0.1, 0.15) is 12.2 Å². The number of carboxylic acids is 1. The van der Waals surface area contributed by atoms with Crippen molar-refractivity contribution >= 4 is 5.97 Å².